The third-order valence-corrected chi connectivity index (χ3v) is 14.1. The molecule has 2 aromatic carbocycles. The minimum Gasteiger partial charge on any atom is -0.386 e. The van der Waals surface area contributed by atoms with Gasteiger partial charge in [0.15, 0.2) is 5.82 Å². The van der Waals surface area contributed by atoms with Crippen molar-refractivity contribution in [2.75, 3.05) is 34.9 Å². The lowest BCUT2D eigenvalue weighted by atomic mass is 9.89. The van der Waals surface area contributed by atoms with Crippen molar-refractivity contribution in [3.05, 3.63) is 71.5 Å². The topological polar surface area (TPSA) is 267 Å². The number of aromatic nitrogens is 4. The molecule has 70 heavy (non-hydrogen) atoms. The van der Waals surface area contributed by atoms with Crippen LogP contribution in [-0.4, -0.2) is 157 Å². The second kappa shape index (κ2) is 25.7. The molecule has 10 atom stereocenters. The van der Waals surface area contributed by atoms with E-state index in [1.54, 1.807) is 68.8 Å². The zero-order chi connectivity index (χ0) is 52.2. The van der Waals surface area contributed by atoms with Crippen molar-refractivity contribution < 1.29 is 52.9 Å². The van der Waals surface area contributed by atoms with Crippen molar-refractivity contribution >= 4 is 37.1 Å². The first-order valence-corrected chi connectivity index (χ1v) is 25.7. The van der Waals surface area contributed by atoms with Gasteiger partial charge in [-0.3, -0.25) is 28.5 Å². The van der Waals surface area contributed by atoms with Gasteiger partial charge in [0, 0.05) is 46.0 Å². The third-order valence-electron chi connectivity index (χ3n) is 13.4. The molecule has 1 fully saturated rings. The minimum atomic E-state index is -4.41. The van der Waals surface area contributed by atoms with Gasteiger partial charge in [0.05, 0.1) is 48.8 Å². The van der Waals surface area contributed by atoms with Crippen LogP contribution in [0.15, 0.2) is 54.6 Å². The summed E-state index contributed by atoms with van der Waals surface area (Å²) < 4.78 is 23.3. The highest BCUT2D eigenvalue weighted by atomic mass is 31.2. The van der Waals surface area contributed by atoms with Gasteiger partial charge in [-0.2, -0.15) is 0 Å². The fourth-order valence-corrected chi connectivity index (χ4v) is 9.78. The first-order chi connectivity index (χ1) is 32.9. The van der Waals surface area contributed by atoms with Crippen molar-refractivity contribution in [3.63, 3.8) is 0 Å². The molecule has 386 valence electrons. The number of ether oxygens (including phenoxy) is 2. The Morgan fingerprint density at radius 1 is 0.829 bits per heavy atom. The van der Waals surface area contributed by atoms with Crippen molar-refractivity contribution in [2.45, 2.75) is 136 Å². The Morgan fingerprint density at radius 2 is 1.44 bits per heavy atom. The number of nitrogens with one attached hydrogen (secondary N) is 2. The van der Waals surface area contributed by atoms with Gasteiger partial charge in [0.1, 0.15) is 18.2 Å². The quantitative estimate of drug-likeness (QED) is 0.0794. The summed E-state index contributed by atoms with van der Waals surface area (Å²) in [6.07, 6.45) is -1.12. The molecule has 0 bridgehead atoms. The molecule has 0 spiro atoms. The Labute approximate surface area is 411 Å². The van der Waals surface area contributed by atoms with E-state index in [4.69, 9.17) is 9.47 Å². The molecule has 1 aliphatic heterocycles. The molecule has 20 nitrogen and oxygen atoms in total. The maximum atomic E-state index is 14.7. The van der Waals surface area contributed by atoms with E-state index < -0.39 is 80.0 Å². The number of hydrogen-bond donors (Lipinski definition) is 5. The lowest BCUT2D eigenvalue weighted by Gasteiger charge is -2.41. The van der Waals surface area contributed by atoms with Crippen LogP contribution < -0.4 is 10.6 Å². The molecule has 1 aliphatic rings. The van der Waals surface area contributed by atoms with Gasteiger partial charge in [0.25, 0.3) is 5.91 Å². The van der Waals surface area contributed by atoms with Gasteiger partial charge >= 0.3 is 7.60 Å². The van der Waals surface area contributed by atoms with E-state index in [0.29, 0.717) is 36.9 Å². The average Bonchev–Trinajstić information content (AvgIpc) is 3.82. The van der Waals surface area contributed by atoms with Crippen molar-refractivity contribution in [1.82, 2.24) is 45.7 Å². The Hall–Kier alpha value is -5.24. The Bertz CT molecular complexity index is 2250. The lowest BCUT2D eigenvalue weighted by molar-refractivity contribution is -0.148. The van der Waals surface area contributed by atoms with E-state index in [2.05, 4.69) is 31.0 Å². The fourth-order valence-electron chi connectivity index (χ4n) is 9.28. The second-order valence-corrected chi connectivity index (χ2v) is 20.8. The second-order valence-electron chi connectivity index (χ2n) is 19.1. The SMILES string of the molecule is CCC(C)C(C(CC(=O)N1CCC[C@H]1C(OC)C(C)C(=O)NC(C)C(O)c1ccccc1)OC)N(C)C(=O)C(NC(=O)C(C(C)C)N(C)C(=O)c1ccc(-c2nnc(CP(=O)(O)O)nn2)cc1)C(C)C. The van der Waals surface area contributed by atoms with Gasteiger partial charge in [-0.25, -0.2) is 0 Å². The minimum absolute atomic E-state index is 0.0641. The Balaban J connectivity index is 1.47. The molecule has 0 radical (unpaired) electrons. The van der Waals surface area contributed by atoms with E-state index in [9.17, 15) is 43.4 Å². The summed E-state index contributed by atoms with van der Waals surface area (Å²) in [5.41, 5.74) is 1.37. The predicted octanol–water partition coefficient (Wildman–Crippen LogP) is 4.01. The molecule has 9 unspecified atom stereocenters. The number of likely N-dealkylation sites (N-methyl/N-ethyl adjacent to an activating group) is 2. The normalized spacial score (nSPS) is 18.0. The van der Waals surface area contributed by atoms with Gasteiger partial charge in [0.2, 0.25) is 29.5 Å². The molecule has 21 heteroatoms. The summed E-state index contributed by atoms with van der Waals surface area (Å²) in [5.74, 6) is -3.60. The van der Waals surface area contributed by atoms with E-state index in [-0.39, 0.29) is 59.1 Å². The molecular formula is C49H74N9O11P. The highest BCUT2D eigenvalue weighted by Crippen LogP contribution is 2.37. The summed E-state index contributed by atoms with van der Waals surface area (Å²) in [6, 6.07) is 11.7. The van der Waals surface area contributed by atoms with Crippen LogP contribution in [0.1, 0.15) is 109 Å². The van der Waals surface area contributed by atoms with Crippen LogP contribution >= 0.6 is 7.60 Å². The molecule has 0 saturated carbocycles. The number of carbonyl (C=O) groups is 5. The Morgan fingerprint density at radius 3 is 1.97 bits per heavy atom. The molecule has 1 aromatic heterocycles. The van der Waals surface area contributed by atoms with Gasteiger partial charge < -0.3 is 49.7 Å². The van der Waals surface area contributed by atoms with E-state index >= 15 is 0 Å². The van der Waals surface area contributed by atoms with Crippen molar-refractivity contribution in [2.24, 2.45) is 23.7 Å². The number of rotatable bonds is 24. The summed E-state index contributed by atoms with van der Waals surface area (Å²) in [5, 5.41) is 32.1. The summed E-state index contributed by atoms with van der Waals surface area (Å²) in [4.78, 5) is 93.8. The van der Waals surface area contributed by atoms with E-state index in [1.165, 1.54) is 38.3 Å². The zero-order valence-electron chi connectivity index (χ0n) is 42.6. The summed E-state index contributed by atoms with van der Waals surface area (Å²) in [6.45, 7) is 15.2. The van der Waals surface area contributed by atoms with E-state index in [0.717, 1.165) is 0 Å². The first-order valence-electron chi connectivity index (χ1n) is 23.9. The molecule has 5 amide bonds. The zero-order valence-corrected chi connectivity index (χ0v) is 43.4. The van der Waals surface area contributed by atoms with Crippen LogP contribution in [0.2, 0.25) is 0 Å². The van der Waals surface area contributed by atoms with Crippen LogP contribution in [0.4, 0.5) is 0 Å². The smallest absolute Gasteiger partial charge is 0.333 e. The first kappa shape index (κ1) is 57.3. The number of amides is 5. The van der Waals surface area contributed by atoms with Crippen molar-refractivity contribution in [3.8, 4) is 11.4 Å². The molecule has 0 aliphatic carbocycles. The maximum Gasteiger partial charge on any atom is 0.333 e. The largest absolute Gasteiger partial charge is 0.386 e. The average molecular weight is 996 g/mol. The maximum absolute atomic E-state index is 14.7. The lowest BCUT2D eigenvalue weighted by Crippen LogP contribution is -2.60. The van der Waals surface area contributed by atoms with Crippen LogP contribution in [0, 0.1) is 23.7 Å². The summed E-state index contributed by atoms with van der Waals surface area (Å²) in [7, 11) is 1.79. The number of carbonyl (C=O) groups excluding carboxylic acids is 5. The standard InChI is InChI=1S/C49H74N9O11P/c1-13-30(6)42(37(68-11)26-39(59)58-25-17-20-36(58)44(69-12)31(7)46(61)50-32(8)43(60)33-18-15-14-16-19-33)57(10)49(64)40(28(2)3)51-47(62)41(29(4)5)56(9)48(63)35-23-21-34(22-24-35)45-54-52-38(53-55-45)27-70(65,66)67/h14-16,18-19,21-24,28-32,36-37,40-44,60H,13,17,20,25-27H2,1-12H3,(H,50,61)(H,51,62)(H2,65,66,67)/t30?,31?,32?,36-,37?,40?,41?,42?,43?,44?/m0/s1. The highest BCUT2D eigenvalue weighted by Gasteiger charge is 2.44. The molecular weight excluding hydrogens is 922 g/mol. The number of aliphatic hydroxyl groups is 1. The molecule has 1 saturated heterocycles. The number of hydrogen-bond acceptors (Lipinski definition) is 13. The Kier molecular flexibility index (Phi) is 21.1. The monoisotopic (exact) mass is 996 g/mol. The summed E-state index contributed by atoms with van der Waals surface area (Å²) >= 11 is 0. The van der Waals surface area contributed by atoms with Crippen molar-refractivity contribution in [1.29, 1.82) is 0 Å². The number of benzene rings is 2. The predicted molar refractivity (Wildman–Crippen MR) is 261 cm³/mol. The number of nitrogens with zero attached hydrogens (tertiary/aromatic N) is 7. The number of methoxy groups -OCH3 is 2. The van der Waals surface area contributed by atoms with Gasteiger partial charge in [-0.15, -0.1) is 20.4 Å². The number of likely N-dealkylation sites (tertiary alicyclic amines) is 1. The van der Waals surface area contributed by atoms with E-state index in [1.807, 2.05) is 45.9 Å². The third kappa shape index (κ3) is 14.7. The highest BCUT2D eigenvalue weighted by molar-refractivity contribution is 7.50. The van der Waals surface area contributed by atoms with Crippen LogP contribution in [0.5, 0.6) is 0 Å². The molecule has 3 aromatic rings. The van der Waals surface area contributed by atoms with Gasteiger partial charge in [-0.1, -0.05) is 97.4 Å². The van der Waals surface area contributed by atoms with Gasteiger partial charge in [-0.05, 0) is 55.2 Å². The number of aliphatic hydroxyl groups excluding tert-OH is 1. The molecule has 2 heterocycles. The fraction of sp³-hybridized carbons (Fsp3) is 0.612. The molecule has 5 N–H and O–H groups in total. The molecule has 4 rings (SSSR count). The van der Waals surface area contributed by atoms with Crippen LogP contribution in [0.25, 0.3) is 11.4 Å². The van der Waals surface area contributed by atoms with Crippen LogP contribution in [-0.2, 0) is 39.4 Å². The van der Waals surface area contributed by atoms with Crippen LogP contribution in [0.3, 0.4) is 0 Å².